The third-order valence-electron chi connectivity index (χ3n) is 2.09. The van der Waals surface area contributed by atoms with Crippen LogP contribution in [-0.4, -0.2) is 31.6 Å². The minimum Gasteiger partial charge on any atom is -0.380 e. The van der Waals surface area contributed by atoms with Gasteiger partial charge in [0.25, 0.3) is 0 Å². The number of rotatable bonds is 4. The van der Waals surface area contributed by atoms with Crippen LogP contribution in [0.2, 0.25) is 0 Å². The van der Waals surface area contributed by atoms with Crippen molar-refractivity contribution in [2.45, 2.75) is 13.0 Å². The molecule has 0 amide bonds. The number of nitrogens with zero attached hydrogens (tertiary/aromatic N) is 2. The lowest BCUT2D eigenvalue weighted by Gasteiger charge is -2.19. The lowest BCUT2D eigenvalue weighted by Crippen LogP contribution is -2.29. The Balaban J connectivity index is 2.68. The van der Waals surface area contributed by atoms with Crippen LogP contribution in [0.15, 0.2) is 24.3 Å². The highest BCUT2D eigenvalue weighted by molar-refractivity contribution is 5.57. The summed E-state index contributed by atoms with van der Waals surface area (Å²) in [4.78, 5) is 2.12. The number of anilines is 1. The largest absolute Gasteiger partial charge is 0.380 e. The molecule has 0 aliphatic heterocycles. The van der Waals surface area contributed by atoms with Crippen molar-refractivity contribution in [3.63, 3.8) is 0 Å². The van der Waals surface area contributed by atoms with Crippen LogP contribution in [-0.2, 0) is 0 Å². The minimum atomic E-state index is 0.328. The second kappa shape index (κ2) is 5.38. The Morgan fingerprint density at radius 2 is 2.07 bits per heavy atom. The van der Waals surface area contributed by atoms with Crippen molar-refractivity contribution in [3.8, 4) is 6.07 Å². The summed E-state index contributed by atoms with van der Waals surface area (Å²) in [6.45, 7) is 3.05. The number of likely N-dealkylation sites (N-methyl/N-ethyl adjacent to an activating group) is 1. The Kier molecular flexibility index (Phi) is 4.14. The van der Waals surface area contributed by atoms with Gasteiger partial charge in [-0.1, -0.05) is 12.1 Å². The molecule has 3 nitrogen and oxygen atoms in total. The zero-order chi connectivity index (χ0) is 11.3. The van der Waals surface area contributed by atoms with Crippen LogP contribution < -0.4 is 5.32 Å². The van der Waals surface area contributed by atoms with E-state index in [1.165, 1.54) is 0 Å². The number of benzene rings is 1. The fraction of sp³-hybridized carbons (Fsp3) is 0.417. The molecule has 1 N–H and O–H groups in total. The average Bonchev–Trinajstić information content (AvgIpc) is 2.17. The van der Waals surface area contributed by atoms with E-state index in [-0.39, 0.29) is 0 Å². The molecule has 0 heterocycles. The first-order chi connectivity index (χ1) is 7.13. The lowest BCUT2D eigenvalue weighted by atomic mass is 10.2. The molecule has 1 atom stereocenters. The summed E-state index contributed by atoms with van der Waals surface area (Å²) in [7, 11) is 4.07. The van der Waals surface area contributed by atoms with Crippen molar-refractivity contribution in [1.82, 2.24) is 4.90 Å². The number of nitrogens with one attached hydrogen (secondary N) is 1. The molecule has 0 saturated carbocycles. The SMILES string of the molecule is CC(CN(C)C)Nc1ccccc1C#N. The van der Waals surface area contributed by atoms with Gasteiger partial charge in [0.2, 0.25) is 0 Å². The molecule has 80 valence electrons. The topological polar surface area (TPSA) is 39.1 Å². The Bertz CT molecular complexity index is 352. The minimum absolute atomic E-state index is 0.328. The summed E-state index contributed by atoms with van der Waals surface area (Å²) in [6.07, 6.45) is 0. The molecule has 0 saturated heterocycles. The van der Waals surface area contributed by atoms with E-state index >= 15 is 0 Å². The van der Waals surface area contributed by atoms with Crippen molar-refractivity contribution in [1.29, 1.82) is 5.26 Å². The zero-order valence-electron chi connectivity index (χ0n) is 9.49. The molecule has 15 heavy (non-hydrogen) atoms. The molecular weight excluding hydrogens is 186 g/mol. The second-order valence-electron chi connectivity index (χ2n) is 3.97. The summed E-state index contributed by atoms with van der Waals surface area (Å²) in [5.74, 6) is 0. The fourth-order valence-corrected chi connectivity index (χ4v) is 1.57. The van der Waals surface area contributed by atoms with E-state index in [1.807, 2.05) is 38.4 Å². The summed E-state index contributed by atoms with van der Waals surface area (Å²) in [6, 6.07) is 10.1. The smallest absolute Gasteiger partial charge is 0.101 e. The Labute approximate surface area is 91.3 Å². The van der Waals surface area contributed by atoms with Crippen LogP contribution in [0.5, 0.6) is 0 Å². The summed E-state index contributed by atoms with van der Waals surface area (Å²) < 4.78 is 0. The third kappa shape index (κ3) is 3.61. The number of nitriles is 1. The summed E-state index contributed by atoms with van der Waals surface area (Å²) in [5, 5.41) is 12.2. The van der Waals surface area contributed by atoms with Gasteiger partial charge in [0.15, 0.2) is 0 Å². The quantitative estimate of drug-likeness (QED) is 0.812. The first-order valence-electron chi connectivity index (χ1n) is 5.04. The monoisotopic (exact) mass is 203 g/mol. The molecule has 1 unspecified atom stereocenters. The van der Waals surface area contributed by atoms with E-state index < -0.39 is 0 Å². The molecule has 0 fully saturated rings. The van der Waals surface area contributed by atoms with Gasteiger partial charge in [-0.2, -0.15) is 5.26 Å². The maximum absolute atomic E-state index is 8.91. The van der Waals surface area contributed by atoms with E-state index in [9.17, 15) is 0 Å². The van der Waals surface area contributed by atoms with Gasteiger partial charge in [-0.05, 0) is 33.2 Å². The average molecular weight is 203 g/mol. The van der Waals surface area contributed by atoms with Crippen LogP contribution in [0, 0.1) is 11.3 Å². The molecule has 3 heteroatoms. The molecule has 0 aliphatic rings. The van der Waals surface area contributed by atoms with E-state index in [1.54, 1.807) is 0 Å². The van der Waals surface area contributed by atoms with Crippen LogP contribution in [0.3, 0.4) is 0 Å². The third-order valence-corrected chi connectivity index (χ3v) is 2.09. The van der Waals surface area contributed by atoms with Crippen LogP contribution in [0.1, 0.15) is 12.5 Å². The molecule has 0 aliphatic carbocycles. The van der Waals surface area contributed by atoms with Crippen molar-refractivity contribution in [3.05, 3.63) is 29.8 Å². The van der Waals surface area contributed by atoms with Gasteiger partial charge in [-0.15, -0.1) is 0 Å². The molecule has 0 bridgehead atoms. The van der Waals surface area contributed by atoms with E-state index in [0.717, 1.165) is 12.2 Å². The predicted molar refractivity (Wildman–Crippen MR) is 62.8 cm³/mol. The highest BCUT2D eigenvalue weighted by Crippen LogP contribution is 2.14. The fourth-order valence-electron chi connectivity index (χ4n) is 1.57. The Hall–Kier alpha value is -1.53. The first kappa shape index (κ1) is 11.5. The molecule has 0 aromatic heterocycles. The standard InChI is InChI=1S/C12H17N3/c1-10(9-15(2)3)14-12-7-5-4-6-11(12)8-13/h4-7,10,14H,9H2,1-3H3. The molecular formula is C12H17N3. The maximum atomic E-state index is 8.91. The summed E-state index contributed by atoms with van der Waals surface area (Å²) in [5.41, 5.74) is 1.61. The van der Waals surface area contributed by atoms with Crippen molar-refractivity contribution in [2.75, 3.05) is 26.0 Å². The zero-order valence-corrected chi connectivity index (χ0v) is 9.49. The van der Waals surface area contributed by atoms with E-state index in [4.69, 9.17) is 5.26 Å². The maximum Gasteiger partial charge on any atom is 0.101 e. The van der Waals surface area contributed by atoms with Crippen molar-refractivity contribution < 1.29 is 0 Å². The number of hydrogen-bond acceptors (Lipinski definition) is 3. The van der Waals surface area contributed by atoms with Crippen LogP contribution in [0.25, 0.3) is 0 Å². The van der Waals surface area contributed by atoms with Gasteiger partial charge in [0, 0.05) is 12.6 Å². The van der Waals surface area contributed by atoms with Gasteiger partial charge < -0.3 is 10.2 Å². The highest BCUT2D eigenvalue weighted by Gasteiger charge is 2.05. The summed E-state index contributed by atoms with van der Waals surface area (Å²) >= 11 is 0. The van der Waals surface area contributed by atoms with Gasteiger partial charge in [-0.25, -0.2) is 0 Å². The Morgan fingerprint density at radius 3 is 2.67 bits per heavy atom. The van der Waals surface area contributed by atoms with Gasteiger partial charge >= 0.3 is 0 Å². The van der Waals surface area contributed by atoms with Crippen molar-refractivity contribution >= 4 is 5.69 Å². The van der Waals surface area contributed by atoms with Gasteiger partial charge in [-0.3, -0.25) is 0 Å². The van der Waals surface area contributed by atoms with E-state index in [2.05, 4.69) is 23.2 Å². The first-order valence-corrected chi connectivity index (χ1v) is 5.04. The second-order valence-corrected chi connectivity index (χ2v) is 3.97. The van der Waals surface area contributed by atoms with E-state index in [0.29, 0.717) is 11.6 Å². The van der Waals surface area contributed by atoms with Crippen LogP contribution in [0.4, 0.5) is 5.69 Å². The molecule has 1 rings (SSSR count). The Morgan fingerprint density at radius 1 is 1.40 bits per heavy atom. The normalized spacial score (nSPS) is 12.2. The van der Waals surface area contributed by atoms with Crippen molar-refractivity contribution in [2.24, 2.45) is 0 Å². The molecule has 1 aromatic rings. The molecule has 0 radical (unpaired) electrons. The van der Waals surface area contributed by atoms with Gasteiger partial charge in [0.05, 0.1) is 11.3 Å². The molecule has 1 aromatic carbocycles. The highest BCUT2D eigenvalue weighted by atomic mass is 15.1. The number of para-hydroxylation sites is 1. The van der Waals surface area contributed by atoms with Crippen LogP contribution >= 0.6 is 0 Å². The number of hydrogen-bond donors (Lipinski definition) is 1. The predicted octanol–water partition coefficient (Wildman–Crippen LogP) is 1.92. The lowest BCUT2D eigenvalue weighted by molar-refractivity contribution is 0.392. The van der Waals surface area contributed by atoms with Gasteiger partial charge in [0.1, 0.15) is 6.07 Å². The molecule has 0 spiro atoms.